The van der Waals surface area contributed by atoms with Gasteiger partial charge in [0.15, 0.2) is 0 Å². The molecule has 0 aromatic heterocycles. The third kappa shape index (κ3) is 5.48. The molecule has 0 fully saturated rings. The Bertz CT molecular complexity index is 489. The van der Waals surface area contributed by atoms with Gasteiger partial charge in [0, 0.05) is 18.5 Å². The van der Waals surface area contributed by atoms with Gasteiger partial charge in [-0.1, -0.05) is 11.6 Å². The van der Waals surface area contributed by atoms with Crippen molar-refractivity contribution in [2.24, 2.45) is 5.73 Å². The van der Waals surface area contributed by atoms with Crippen LogP contribution in [0.25, 0.3) is 0 Å². The molecule has 0 spiro atoms. The number of carbonyl (C=O) groups is 2. The zero-order chi connectivity index (χ0) is 15.1. The fraction of sp³-hybridized carbons (Fsp3) is 0.429. The van der Waals surface area contributed by atoms with Crippen LogP contribution in [-0.2, 0) is 4.79 Å². The molecule has 1 rings (SSSR count). The number of hydrogen-bond donors (Lipinski definition) is 2. The van der Waals surface area contributed by atoms with E-state index in [9.17, 15) is 9.59 Å². The number of benzene rings is 1. The number of nitrogens with two attached hydrogens (primary N) is 1. The van der Waals surface area contributed by atoms with Gasteiger partial charge in [-0.2, -0.15) is 0 Å². The summed E-state index contributed by atoms with van der Waals surface area (Å²) in [6.07, 6.45) is 0.784. The number of rotatable bonds is 7. The number of amides is 2. The van der Waals surface area contributed by atoms with Gasteiger partial charge in [0.2, 0.25) is 5.91 Å². The predicted octanol–water partition coefficient (Wildman–Crippen LogP) is 2.12. The monoisotopic (exact) mass is 298 g/mol. The molecule has 0 radical (unpaired) electrons. The number of hydrogen-bond acceptors (Lipinski definition) is 3. The van der Waals surface area contributed by atoms with Crippen molar-refractivity contribution in [2.75, 3.05) is 6.54 Å². The molecule has 5 nitrogen and oxygen atoms in total. The molecular weight excluding hydrogens is 280 g/mol. The quantitative estimate of drug-likeness (QED) is 0.757. The van der Waals surface area contributed by atoms with E-state index < -0.39 is 0 Å². The van der Waals surface area contributed by atoms with Crippen LogP contribution in [0.3, 0.4) is 0 Å². The van der Waals surface area contributed by atoms with Crippen LogP contribution in [0.5, 0.6) is 5.75 Å². The molecule has 1 aromatic rings. The standard InChI is InChI=1S/C14H19ClN2O3/c1-9(2)20-12-6-5-10(8-11(12)15)14(19)17-7-3-4-13(16)18/h5-6,8-9H,3-4,7H2,1-2H3,(H2,16,18)(H,17,19). The summed E-state index contributed by atoms with van der Waals surface area (Å²) in [5, 5.41) is 3.09. The van der Waals surface area contributed by atoms with E-state index in [1.807, 2.05) is 13.8 Å². The molecule has 6 heteroatoms. The summed E-state index contributed by atoms with van der Waals surface area (Å²) in [5.74, 6) is -0.0723. The molecule has 0 aliphatic carbocycles. The molecule has 20 heavy (non-hydrogen) atoms. The molecular formula is C14H19ClN2O3. The molecule has 0 saturated carbocycles. The first-order valence-corrected chi connectivity index (χ1v) is 6.80. The Morgan fingerprint density at radius 3 is 2.65 bits per heavy atom. The molecule has 0 aliphatic rings. The van der Waals surface area contributed by atoms with Gasteiger partial charge in [0.1, 0.15) is 5.75 Å². The SMILES string of the molecule is CC(C)Oc1ccc(C(=O)NCCCC(N)=O)cc1Cl. The van der Waals surface area contributed by atoms with E-state index >= 15 is 0 Å². The highest BCUT2D eigenvalue weighted by Crippen LogP contribution is 2.26. The first kappa shape index (κ1) is 16.3. The van der Waals surface area contributed by atoms with Crippen LogP contribution in [0, 0.1) is 0 Å². The summed E-state index contributed by atoms with van der Waals surface area (Å²) >= 11 is 6.05. The second-order valence-electron chi connectivity index (χ2n) is 4.64. The minimum Gasteiger partial charge on any atom is -0.489 e. The molecule has 0 heterocycles. The fourth-order valence-corrected chi connectivity index (χ4v) is 1.78. The first-order valence-electron chi connectivity index (χ1n) is 6.43. The van der Waals surface area contributed by atoms with Crippen LogP contribution in [0.15, 0.2) is 18.2 Å². The van der Waals surface area contributed by atoms with E-state index in [0.717, 1.165) is 0 Å². The molecule has 1 aromatic carbocycles. The van der Waals surface area contributed by atoms with Crippen LogP contribution in [0.1, 0.15) is 37.0 Å². The van der Waals surface area contributed by atoms with Crippen LogP contribution >= 0.6 is 11.6 Å². The van der Waals surface area contributed by atoms with Crippen molar-refractivity contribution in [3.05, 3.63) is 28.8 Å². The zero-order valence-electron chi connectivity index (χ0n) is 11.6. The van der Waals surface area contributed by atoms with Gasteiger partial charge in [0.25, 0.3) is 5.91 Å². The van der Waals surface area contributed by atoms with Crippen molar-refractivity contribution in [2.45, 2.75) is 32.8 Å². The lowest BCUT2D eigenvalue weighted by Gasteiger charge is -2.12. The topological polar surface area (TPSA) is 81.4 Å². The van der Waals surface area contributed by atoms with Gasteiger partial charge in [-0.05, 0) is 38.5 Å². The van der Waals surface area contributed by atoms with E-state index in [2.05, 4.69) is 5.32 Å². The third-order valence-corrected chi connectivity index (χ3v) is 2.74. The number of carbonyl (C=O) groups excluding carboxylic acids is 2. The largest absolute Gasteiger partial charge is 0.489 e. The minimum absolute atomic E-state index is 0.0148. The summed E-state index contributed by atoms with van der Waals surface area (Å²) in [5.41, 5.74) is 5.46. The van der Waals surface area contributed by atoms with E-state index in [1.54, 1.807) is 18.2 Å². The van der Waals surface area contributed by atoms with Gasteiger partial charge in [-0.25, -0.2) is 0 Å². The van der Waals surface area contributed by atoms with Crippen LogP contribution < -0.4 is 15.8 Å². The van der Waals surface area contributed by atoms with Crippen molar-refractivity contribution in [1.82, 2.24) is 5.32 Å². The van der Waals surface area contributed by atoms with Crippen molar-refractivity contribution < 1.29 is 14.3 Å². The number of ether oxygens (including phenoxy) is 1. The van der Waals surface area contributed by atoms with Crippen LogP contribution in [0.2, 0.25) is 5.02 Å². The van der Waals surface area contributed by atoms with Gasteiger partial charge in [-0.15, -0.1) is 0 Å². The minimum atomic E-state index is -0.377. The zero-order valence-corrected chi connectivity index (χ0v) is 12.4. The smallest absolute Gasteiger partial charge is 0.251 e. The van der Waals surface area contributed by atoms with E-state index in [1.165, 1.54) is 0 Å². The highest BCUT2D eigenvalue weighted by molar-refractivity contribution is 6.32. The molecule has 0 saturated heterocycles. The number of primary amides is 1. The van der Waals surface area contributed by atoms with Crippen LogP contribution in [-0.4, -0.2) is 24.5 Å². The van der Waals surface area contributed by atoms with Gasteiger partial charge >= 0.3 is 0 Å². The number of halogens is 1. The summed E-state index contributed by atoms with van der Waals surface area (Å²) in [6.45, 7) is 4.19. The van der Waals surface area contributed by atoms with Crippen molar-refractivity contribution in [3.63, 3.8) is 0 Å². The molecule has 110 valence electrons. The average Bonchev–Trinajstić information content (AvgIpc) is 2.36. The second-order valence-corrected chi connectivity index (χ2v) is 5.04. The molecule has 0 unspecified atom stereocenters. The van der Waals surface area contributed by atoms with Gasteiger partial charge in [-0.3, -0.25) is 9.59 Å². The van der Waals surface area contributed by atoms with Gasteiger partial charge in [0.05, 0.1) is 11.1 Å². The number of nitrogens with one attached hydrogen (secondary N) is 1. The van der Waals surface area contributed by atoms with Crippen LogP contribution in [0.4, 0.5) is 0 Å². The van der Waals surface area contributed by atoms with E-state index in [0.29, 0.717) is 29.3 Å². The second kappa shape index (κ2) is 7.75. The maximum absolute atomic E-state index is 11.8. The van der Waals surface area contributed by atoms with Crippen molar-refractivity contribution in [1.29, 1.82) is 0 Å². The summed E-state index contributed by atoms with van der Waals surface area (Å²) in [7, 11) is 0. The van der Waals surface area contributed by atoms with Gasteiger partial charge < -0.3 is 15.8 Å². The lowest BCUT2D eigenvalue weighted by Crippen LogP contribution is -2.25. The van der Waals surface area contributed by atoms with Crippen molar-refractivity contribution >= 4 is 23.4 Å². The predicted molar refractivity (Wildman–Crippen MR) is 78.0 cm³/mol. The molecule has 3 N–H and O–H groups in total. The molecule has 0 atom stereocenters. The lowest BCUT2D eigenvalue weighted by molar-refractivity contribution is -0.118. The first-order chi connectivity index (χ1) is 9.40. The Labute approximate surface area is 123 Å². The molecule has 2 amide bonds. The van der Waals surface area contributed by atoms with Crippen molar-refractivity contribution in [3.8, 4) is 5.75 Å². The Hall–Kier alpha value is -1.75. The Kier molecular flexibility index (Phi) is 6.31. The highest BCUT2D eigenvalue weighted by atomic mass is 35.5. The Balaban J connectivity index is 2.56. The summed E-state index contributed by atoms with van der Waals surface area (Å²) in [4.78, 5) is 22.4. The molecule has 0 bridgehead atoms. The Morgan fingerprint density at radius 1 is 1.40 bits per heavy atom. The maximum Gasteiger partial charge on any atom is 0.251 e. The highest BCUT2D eigenvalue weighted by Gasteiger charge is 2.10. The Morgan fingerprint density at radius 2 is 2.10 bits per heavy atom. The normalized spacial score (nSPS) is 10.4. The summed E-state index contributed by atoms with van der Waals surface area (Å²) < 4.78 is 5.49. The fourth-order valence-electron chi connectivity index (χ4n) is 1.56. The third-order valence-electron chi connectivity index (χ3n) is 2.44. The molecule has 0 aliphatic heterocycles. The van der Waals surface area contributed by atoms with E-state index in [-0.39, 0.29) is 24.3 Å². The summed E-state index contributed by atoms with van der Waals surface area (Å²) in [6, 6.07) is 4.87. The average molecular weight is 299 g/mol. The lowest BCUT2D eigenvalue weighted by atomic mass is 10.2. The maximum atomic E-state index is 11.8. The van der Waals surface area contributed by atoms with E-state index in [4.69, 9.17) is 22.1 Å².